The molecule has 0 aliphatic heterocycles. The molecular formula is C19H26F8N2O4. The SMILES string of the molecule is CCOC(=O)C1=C[C@@H](OC(CC)CC)[C@H](NC(=O)C(F)(F)C(F)(F)C(F)(F)C(F)F)[C@@H](N)C1. The molecule has 0 heterocycles. The van der Waals surface area contributed by atoms with Gasteiger partial charge in [0.2, 0.25) is 0 Å². The van der Waals surface area contributed by atoms with Crippen molar-refractivity contribution in [3.8, 4) is 0 Å². The summed E-state index contributed by atoms with van der Waals surface area (Å²) in [6.45, 7) is 4.90. The van der Waals surface area contributed by atoms with Gasteiger partial charge in [-0.1, -0.05) is 13.8 Å². The van der Waals surface area contributed by atoms with Crippen LogP contribution in [-0.2, 0) is 19.1 Å². The Bertz CT molecular complexity index is 729. The van der Waals surface area contributed by atoms with E-state index in [4.69, 9.17) is 15.2 Å². The normalized spacial score (nSPS) is 22.4. The molecule has 0 radical (unpaired) electrons. The third-order valence-electron chi connectivity index (χ3n) is 5.10. The van der Waals surface area contributed by atoms with Crippen molar-refractivity contribution < 1.29 is 54.2 Å². The van der Waals surface area contributed by atoms with Gasteiger partial charge in [0.1, 0.15) is 0 Å². The second kappa shape index (κ2) is 11.0. The molecule has 6 nitrogen and oxygen atoms in total. The maximum absolute atomic E-state index is 14.0. The predicted molar refractivity (Wildman–Crippen MR) is 99.3 cm³/mol. The van der Waals surface area contributed by atoms with Crippen LogP contribution >= 0.6 is 0 Å². The van der Waals surface area contributed by atoms with E-state index in [9.17, 15) is 44.7 Å². The minimum absolute atomic E-state index is 0.0106. The molecule has 3 N–H and O–H groups in total. The fourth-order valence-corrected chi connectivity index (χ4v) is 3.12. The lowest BCUT2D eigenvalue weighted by atomic mass is 9.87. The van der Waals surface area contributed by atoms with E-state index in [1.165, 1.54) is 12.2 Å². The highest BCUT2D eigenvalue weighted by Crippen LogP contribution is 2.48. The Balaban J connectivity index is 3.29. The van der Waals surface area contributed by atoms with Crippen LogP contribution in [0.25, 0.3) is 0 Å². The molecule has 1 aliphatic carbocycles. The number of halogens is 8. The summed E-state index contributed by atoms with van der Waals surface area (Å²) in [5.74, 6) is -23.2. The first-order valence-electron chi connectivity index (χ1n) is 10.1. The summed E-state index contributed by atoms with van der Waals surface area (Å²) in [7, 11) is 0. The molecule has 0 aromatic rings. The molecule has 0 unspecified atom stereocenters. The number of carbonyl (C=O) groups is 2. The average Bonchev–Trinajstić information content (AvgIpc) is 2.73. The second-order valence-electron chi connectivity index (χ2n) is 7.39. The van der Waals surface area contributed by atoms with Gasteiger partial charge in [0, 0.05) is 11.6 Å². The number of ether oxygens (including phenoxy) is 2. The number of nitrogens with one attached hydrogen (secondary N) is 1. The highest BCUT2D eigenvalue weighted by atomic mass is 19.4. The van der Waals surface area contributed by atoms with E-state index >= 15 is 0 Å². The highest BCUT2D eigenvalue weighted by Gasteiger charge is 2.78. The van der Waals surface area contributed by atoms with E-state index < -0.39 is 60.4 Å². The van der Waals surface area contributed by atoms with Gasteiger partial charge >= 0.3 is 30.2 Å². The Morgan fingerprint density at radius 1 is 1.12 bits per heavy atom. The van der Waals surface area contributed by atoms with Gasteiger partial charge in [0.25, 0.3) is 5.91 Å². The molecule has 0 spiro atoms. The van der Waals surface area contributed by atoms with Crippen LogP contribution < -0.4 is 11.1 Å². The molecule has 14 heteroatoms. The zero-order valence-electron chi connectivity index (χ0n) is 18.0. The summed E-state index contributed by atoms with van der Waals surface area (Å²) < 4.78 is 117. The van der Waals surface area contributed by atoms with Crippen LogP contribution in [0.3, 0.4) is 0 Å². The predicted octanol–water partition coefficient (Wildman–Crippen LogP) is 3.44. The van der Waals surface area contributed by atoms with Crippen molar-refractivity contribution in [3.05, 3.63) is 11.6 Å². The van der Waals surface area contributed by atoms with E-state index in [0.29, 0.717) is 12.8 Å². The summed E-state index contributed by atoms with van der Waals surface area (Å²) >= 11 is 0. The largest absolute Gasteiger partial charge is 0.463 e. The molecule has 0 aromatic heterocycles. The van der Waals surface area contributed by atoms with Crippen molar-refractivity contribution in [3.63, 3.8) is 0 Å². The first-order chi connectivity index (χ1) is 15.1. The molecule has 0 bridgehead atoms. The lowest BCUT2D eigenvalue weighted by Crippen LogP contribution is -2.66. The minimum Gasteiger partial charge on any atom is -0.463 e. The maximum atomic E-state index is 14.0. The molecule has 33 heavy (non-hydrogen) atoms. The summed E-state index contributed by atoms with van der Waals surface area (Å²) in [6, 6.07) is -3.03. The molecule has 0 fully saturated rings. The van der Waals surface area contributed by atoms with E-state index in [1.54, 1.807) is 13.8 Å². The highest BCUT2D eigenvalue weighted by molar-refractivity contribution is 5.89. The fourth-order valence-electron chi connectivity index (χ4n) is 3.12. The molecule has 3 atom stereocenters. The number of alkyl halides is 8. The first kappa shape index (κ1) is 29.1. The Labute approximate surface area is 184 Å². The van der Waals surface area contributed by atoms with E-state index in [2.05, 4.69) is 0 Å². The molecule has 0 aromatic carbocycles. The molecule has 0 saturated carbocycles. The minimum atomic E-state index is -6.71. The number of hydrogen-bond donors (Lipinski definition) is 2. The number of carbonyl (C=O) groups excluding carboxylic acids is 2. The van der Waals surface area contributed by atoms with Gasteiger partial charge in [-0.05, 0) is 32.3 Å². The van der Waals surface area contributed by atoms with Gasteiger partial charge in [-0.2, -0.15) is 26.3 Å². The Hall–Kier alpha value is -1.96. The van der Waals surface area contributed by atoms with Crippen molar-refractivity contribution in [2.24, 2.45) is 5.73 Å². The molecule has 1 amide bonds. The smallest absolute Gasteiger partial charge is 0.392 e. The molecule has 1 rings (SSSR count). The summed E-state index contributed by atoms with van der Waals surface area (Å²) in [5, 5.41) is 1.43. The van der Waals surface area contributed by atoms with Gasteiger partial charge in [-0.25, -0.2) is 13.6 Å². The third-order valence-corrected chi connectivity index (χ3v) is 5.10. The molecule has 0 saturated heterocycles. The van der Waals surface area contributed by atoms with Gasteiger partial charge in [-0.15, -0.1) is 0 Å². The van der Waals surface area contributed by atoms with Crippen molar-refractivity contribution in [1.82, 2.24) is 5.32 Å². The van der Waals surface area contributed by atoms with Crippen LogP contribution in [0.15, 0.2) is 11.6 Å². The van der Waals surface area contributed by atoms with Crippen LogP contribution in [0.4, 0.5) is 35.1 Å². The third kappa shape index (κ3) is 5.94. The number of esters is 1. The van der Waals surface area contributed by atoms with Gasteiger partial charge in [0.05, 0.1) is 24.9 Å². The quantitative estimate of drug-likeness (QED) is 0.337. The van der Waals surface area contributed by atoms with Gasteiger partial charge in [0.15, 0.2) is 0 Å². The standard InChI is InChI=1S/C19H26F8N2O4/c1-4-10(5-2)33-12-8-9(14(30)32-6-3)7-11(28)13(12)29-16(31)18(24,25)19(26,27)17(22,23)15(20)21/h8,10-13,15H,4-7,28H2,1-3H3,(H,29,31)/t11-,12+,13+/m0/s1. The molecular weight excluding hydrogens is 472 g/mol. The van der Waals surface area contributed by atoms with Crippen LogP contribution in [0.5, 0.6) is 0 Å². The monoisotopic (exact) mass is 498 g/mol. The summed E-state index contributed by atoms with van der Waals surface area (Å²) in [6.07, 6.45) is -5.58. The Morgan fingerprint density at radius 2 is 1.67 bits per heavy atom. The van der Waals surface area contributed by atoms with Crippen LogP contribution in [0.2, 0.25) is 0 Å². The summed E-state index contributed by atoms with van der Waals surface area (Å²) in [4.78, 5) is 24.0. The number of hydrogen-bond acceptors (Lipinski definition) is 5. The lowest BCUT2D eigenvalue weighted by molar-refractivity contribution is -0.328. The average molecular weight is 498 g/mol. The second-order valence-corrected chi connectivity index (χ2v) is 7.39. The topological polar surface area (TPSA) is 90.6 Å². The van der Waals surface area contributed by atoms with Gasteiger partial charge < -0.3 is 20.5 Å². The first-order valence-corrected chi connectivity index (χ1v) is 10.1. The van der Waals surface area contributed by atoms with E-state index in [1.807, 2.05) is 0 Å². The zero-order valence-corrected chi connectivity index (χ0v) is 18.0. The molecule has 192 valence electrons. The van der Waals surface area contributed by atoms with Crippen molar-refractivity contribution in [2.75, 3.05) is 6.61 Å². The van der Waals surface area contributed by atoms with Crippen LogP contribution in [-0.4, -0.2) is 67.0 Å². The number of rotatable bonds is 11. The van der Waals surface area contributed by atoms with E-state index in [-0.39, 0.29) is 18.6 Å². The van der Waals surface area contributed by atoms with Crippen LogP contribution in [0, 0.1) is 0 Å². The van der Waals surface area contributed by atoms with Gasteiger partial charge in [-0.3, -0.25) is 4.79 Å². The lowest BCUT2D eigenvalue weighted by Gasteiger charge is -2.38. The van der Waals surface area contributed by atoms with E-state index in [0.717, 1.165) is 6.08 Å². The van der Waals surface area contributed by atoms with Crippen molar-refractivity contribution in [2.45, 2.75) is 88.5 Å². The Kier molecular flexibility index (Phi) is 9.67. The molecule has 1 aliphatic rings. The van der Waals surface area contributed by atoms with Crippen molar-refractivity contribution >= 4 is 11.9 Å². The maximum Gasteiger partial charge on any atom is 0.392 e. The zero-order chi connectivity index (χ0) is 25.8. The summed E-state index contributed by atoms with van der Waals surface area (Å²) in [5.41, 5.74) is 5.81. The number of nitrogens with two attached hydrogens (primary N) is 1. The van der Waals surface area contributed by atoms with Crippen molar-refractivity contribution in [1.29, 1.82) is 0 Å². The fraction of sp³-hybridized carbons (Fsp3) is 0.789. The number of amides is 1. The van der Waals surface area contributed by atoms with Crippen LogP contribution in [0.1, 0.15) is 40.0 Å². The Morgan fingerprint density at radius 3 is 2.12 bits per heavy atom.